The van der Waals surface area contributed by atoms with Gasteiger partial charge in [-0.25, -0.2) is 4.98 Å². The second-order valence-electron chi connectivity index (χ2n) is 6.20. The van der Waals surface area contributed by atoms with Crippen LogP contribution in [-0.2, 0) is 6.54 Å². The first-order chi connectivity index (χ1) is 10.5. The molecule has 0 radical (unpaired) electrons. The zero-order valence-electron chi connectivity index (χ0n) is 13.2. The number of hydrogen-bond acceptors (Lipinski definition) is 3. The first-order valence-corrected chi connectivity index (χ1v) is 7.73. The highest BCUT2D eigenvalue weighted by Gasteiger charge is 2.09. The monoisotopic (exact) mass is 298 g/mol. The standard InChI is InChI=1S/C17H22N4O/c1-11(2)6-7-21-10-14(9-18-21)13-4-5-15-16(8-13)20-17(19-15)12(3)22/h4-5,8-12,22H,6-7H2,1-3H3,(H,19,20). The van der Waals surface area contributed by atoms with Gasteiger partial charge in [-0.15, -0.1) is 0 Å². The van der Waals surface area contributed by atoms with Crippen LogP contribution < -0.4 is 0 Å². The van der Waals surface area contributed by atoms with Crippen molar-refractivity contribution >= 4 is 11.0 Å². The molecule has 0 spiro atoms. The van der Waals surface area contributed by atoms with E-state index in [-0.39, 0.29) is 0 Å². The van der Waals surface area contributed by atoms with Gasteiger partial charge in [0.25, 0.3) is 0 Å². The second-order valence-corrected chi connectivity index (χ2v) is 6.20. The number of aliphatic hydroxyl groups is 1. The first kappa shape index (κ1) is 14.8. The Morgan fingerprint density at radius 1 is 1.23 bits per heavy atom. The summed E-state index contributed by atoms with van der Waals surface area (Å²) in [6.45, 7) is 7.08. The van der Waals surface area contributed by atoms with Crippen molar-refractivity contribution in [3.8, 4) is 11.1 Å². The molecule has 0 amide bonds. The largest absolute Gasteiger partial charge is 0.385 e. The van der Waals surface area contributed by atoms with Crippen molar-refractivity contribution in [2.45, 2.75) is 39.8 Å². The van der Waals surface area contributed by atoms with Crippen molar-refractivity contribution in [2.24, 2.45) is 5.92 Å². The van der Waals surface area contributed by atoms with Crippen molar-refractivity contribution in [1.29, 1.82) is 0 Å². The van der Waals surface area contributed by atoms with Gasteiger partial charge >= 0.3 is 0 Å². The molecule has 2 heterocycles. The summed E-state index contributed by atoms with van der Waals surface area (Å²) < 4.78 is 1.99. The number of aromatic amines is 1. The molecule has 1 atom stereocenters. The van der Waals surface area contributed by atoms with Crippen LogP contribution in [0.4, 0.5) is 0 Å². The molecule has 5 heteroatoms. The molecule has 0 saturated heterocycles. The van der Waals surface area contributed by atoms with Gasteiger partial charge in [0.1, 0.15) is 11.9 Å². The first-order valence-electron chi connectivity index (χ1n) is 7.73. The third kappa shape index (κ3) is 3.04. The van der Waals surface area contributed by atoms with Gasteiger partial charge in [-0.05, 0) is 37.0 Å². The maximum atomic E-state index is 9.61. The number of aromatic nitrogens is 4. The molecule has 2 aromatic heterocycles. The fraction of sp³-hybridized carbons (Fsp3) is 0.412. The number of rotatable bonds is 5. The van der Waals surface area contributed by atoms with E-state index < -0.39 is 6.10 Å². The van der Waals surface area contributed by atoms with Crippen molar-refractivity contribution in [2.75, 3.05) is 0 Å². The number of aliphatic hydroxyl groups excluding tert-OH is 1. The van der Waals surface area contributed by atoms with Gasteiger partial charge in [-0.2, -0.15) is 5.10 Å². The number of benzene rings is 1. The highest BCUT2D eigenvalue weighted by molar-refractivity contribution is 5.81. The highest BCUT2D eigenvalue weighted by atomic mass is 16.3. The van der Waals surface area contributed by atoms with Gasteiger partial charge < -0.3 is 10.1 Å². The van der Waals surface area contributed by atoms with Crippen molar-refractivity contribution in [3.05, 3.63) is 36.4 Å². The number of H-pyrrole nitrogens is 1. The molecular weight excluding hydrogens is 276 g/mol. The van der Waals surface area contributed by atoms with E-state index in [0.29, 0.717) is 11.7 Å². The Bertz CT molecular complexity index is 770. The summed E-state index contributed by atoms with van der Waals surface area (Å²) in [5.74, 6) is 1.27. The molecular formula is C17H22N4O. The predicted molar refractivity (Wildman–Crippen MR) is 87.4 cm³/mol. The summed E-state index contributed by atoms with van der Waals surface area (Å²) in [6.07, 6.45) is 4.51. The van der Waals surface area contributed by atoms with E-state index in [2.05, 4.69) is 41.2 Å². The Labute approximate surface area is 130 Å². The zero-order valence-corrected chi connectivity index (χ0v) is 13.2. The Morgan fingerprint density at radius 3 is 2.77 bits per heavy atom. The van der Waals surface area contributed by atoms with Crippen LogP contribution in [0.25, 0.3) is 22.2 Å². The highest BCUT2D eigenvalue weighted by Crippen LogP contribution is 2.24. The fourth-order valence-corrected chi connectivity index (χ4v) is 2.43. The lowest BCUT2D eigenvalue weighted by Gasteiger charge is -2.03. The molecule has 0 aliphatic rings. The average molecular weight is 298 g/mol. The number of fused-ring (bicyclic) bond motifs is 1. The van der Waals surface area contributed by atoms with E-state index in [1.54, 1.807) is 6.92 Å². The third-order valence-electron chi connectivity index (χ3n) is 3.80. The lowest BCUT2D eigenvalue weighted by Crippen LogP contribution is -2.01. The van der Waals surface area contributed by atoms with Crippen LogP contribution in [0.1, 0.15) is 39.1 Å². The van der Waals surface area contributed by atoms with E-state index >= 15 is 0 Å². The van der Waals surface area contributed by atoms with Gasteiger partial charge in [-0.1, -0.05) is 19.9 Å². The Balaban J connectivity index is 1.86. The molecule has 0 saturated carbocycles. The summed E-state index contributed by atoms with van der Waals surface area (Å²) in [7, 11) is 0. The van der Waals surface area contributed by atoms with Crippen LogP contribution >= 0.6 is 0 Å². The van der Waals surface area contributed by atoms with Crippen LogP contribution in [0.5, 0.6) is 0 Å². The maximum absolute atomic E-state index is 9.61. The lowest BCUT2D eigenvalue weighted by atomic mass is 10.1. The molecule has 116 valence electrons. The van der Waals surface area contributed by atoms with E-state index in [9.17, 15) is 5.11 Å². The van der Waals surface area contributed by atoms with Gasteiger partial charge in [0.2, 0.25) is 0 Å². The molecule has 0 aliphatic heterocycles. The number of nitrogens with zero attached hydrogens (tertiary/aromatic N) is 3. The minimum absolute atomic E-state index is 0.588. The maximum Gasteiger partial charge on any atom is 0.135 e. The summed E-state index contributed by atoms with van der Waals surface area (Å²) >= 11 is 0. The molecule has 3 aromatic rings. The van der Waals surface area contributed by atoms with E-state index in [0.717, 1.165) is 35.1 Å². The van der Waals surface area contributed by atoms with Crippen molar-refractivity contribution in [3.63, 3.8) is 0 Å². The van der Waals surface area contributed by atoms with Crippen LogP contribution in [0.3, 0.4) is 0 Å². The normalized spacial score (nSPS) is 13.1. The molecule has 0 fully saturated rings. The number of nitrogens with one attached hydrogen (secondary N) is 1. The molecule has 1 unspecified atom stereocenters. The smallest absolute Gasteiger partial charge is 0.135 e. The van der Waals surface area contributed by atoms with E-state index in [1.807, 2.05) is 23.0 Å². The SMILES string of the molecule is CC(C)CCn1cc(-c2ccc3nc(C(C)O)[nH]c3c2)cn1. The lowest BCUT2D eigenvalue weighted by molar-refractivity contribution is 0.190. The summed E-state index contributed by atoms with van der Waals surface area (Å²) in [5, 5.41) is 14.0. The molecule has 1 aromatic carbocycles. The molecule has 3 rings (SSSR count). The van der Waals surface area contributed by atoms with Crippen LogP contribution in [-0.4, -0.2) is 24.9 Å². The Kier molecular flexibility index (Phi) is 3.98. The van der Waals surface area contributed by atoms with Gasteiger partial charge in [0.05, 0.1) is 17.2 Å². The predicted octanol–water partition coefficient (Wildman–Crippen LogP) is 3.53. The number of aryl methyl sites for hydroxylation is 1. The van der Waals surface area contributed by atoms with Gasteiger partial charge in [0.15, 0.2) is 0 Å². The van der Waals surface area contributed by atoms with E-state index in [4.69, 9.17) is 0 Å². The van der Waals surface area contributed by atoms with Crippen LogP contribution in [0.15, 0.2) is 30.6 Å². The van der Waals surface area contributed by atoms with Gasteiger partial charge in [-0.3, -0.25) is 4.68 Å². The molecule has 5 nitrogen and oxygen atoms in total. The number of hydrogen-bond donors (Lipinski definition) is 2. The fourth-order valence-electron chi connectivity index (χ4n) is 2.43. The summed E-state index contributed by atoms with van der Waals surface area (Å²) in [4.78, 5) is 7.54. The average Bonchev–Trinajstić information content (AvgIpc) is 3.11. The summed E-state index contributed by atoms with van der Waals surface area (Å²) in [5.41, 5.74) is 4.00. The van der Waals surface area contributed by atoms with E-state index in [1.165, 1.54) is 0 Å². The van der Waals surface area contributed by atoms with Crippen molar-refractivity contribution in [1.82, 2.24) is 19.7 Å². The Morgan fingerprint density at radius 2 is 2.05 bits per heavy atom. The van der Waals surface area contributed by atoms with Crippen LogP contribution in [0.2, 0.25) is 0 Å². The quantitative estimate of drug-likeness (QED) is 0.757. The number of imidazole rings is 1. The van der Waals surface area contributed by atoms with Crippen LogP contribution in [0, 0.1) is 5.92 Å². The zero-order chi connectivity index (χ0) is 15.7. The molecule has 22 heavy (non-hydrogen) atoms. The van der Waals surface area contributed by atoms with Crippen molar-refractivity contribution < 1.29 is 5.11 Å². The molecule has 0 bridgehead atoms. The summed E-state index contributed by atoms with van der Waals surface area (Å²) in [6, 6.07) is 6.06. The minimum Gasteiger partial charge on any atom is -0.385 e. The Hall–Kier alpha value is -2.14. The second kappa shape index (κ2) is 5.93. The van der Waals surface area contributed by atoms with Gasteiger partial charge in [0, 0.05) is 18.3 Å². The topological polar surface area (TPSA) is 66.7 Å². The molecule has 0 aliphatic carbocycles. The third-order valence-corrected chi connectivity index (χ3v) is 3.80. The molecule has 2 N–H and O–H groups in total. The minimum atomic E-state index is -0.588.